The van der Waals surface area contributed by atoms with Gasteiger partial charge in [-0.2, -0.15) is 0 Å². The molecule has 0 atom stereocenters. The Kier molecular flexibility index (Phi) is 6.86. The summed E-state index contributed by atoms with van der Waals surface area (Å²) in [6.45, 7) is 4.93. The van der Waals surface area contributed by atoms with Gasteiger partial charge < -0.3 is 14.6 Å². The summed E-state index contributed by atoms with van der Waals surface area (Å²) in [5, 5.41) is 12.6. The van der Waals surface area contributed by atoms with E-state index in [1.54, 1.807) is 37.5 Å². The highest BCUT2D eigenvalue weighted by atomic mass is 32.2. The number of anilines is 1. The highest BCUT2D eigenvalue weighted by Gasteiger charge is 2.14. The number of ketones is 1. The van der Waals surface area contributed by atoms with Gasteiger partial charge in [0.2, 0.25) is 0 Å². The van der Waals surface area contributed by atoms with E-state index in [4.69, 9.17) is 4.74 Å². The zero-order valence-electron chi connectivity index (χ0n) is 15.7. The minimum absolute atomic E-state index is 0.0322. The number of carbonyl (C=O) groups is 1. The average molecular weight is 395 g/mol. The second-order valence-electron chi connectivity index (χ2n) is 5.96. The average Bonchev–Trinajstić information content (AvgIpc) is 3.13. The number of benzene rings is 2. The molecule has 0 aliphatic carbocycles. The molecule has 0 unspecified atom stereocenters. The number of methoxy groups -OCH3 is 1. The number of hydrogen-bond acceptors (Lipinski definition) is 6. The lowest BCUT2D eigenvalue weighted by Crippen LogP contribution is -2.10. The van der Waals surface area contributed by atoms with Crippen LogP contribution in [0.1, 0.15) is 16.2 Å². The van der Waals surface area contributed by atoms with Crippen LogP contribution in [0.25, 0.3) is 0 Å². The highest BCUT2D eigenvalue weighted by molar-refractivity contribution is 7.99. The van der Waals surface area contributed by atoms with Gasteiger partial charge in [-0.15, -0.1) is 16.8 Å². The minimum Gasteiger partial charge on any atom is -0.497 e. The molecular weight excluding hydrogens is 372 g/mol. The number of allylic oxidation sites excluding steroid dienone is 1. The van der Waals surface area contributed by atoms with Crippen LogP contribution < -0.4 is 10.1 Å². The molecule has 0 spiro atoms. The lowest BCUT2D eigenvalue weighted by molar-refractivity contribution is 0.102. The number of thioether (sulfide) groups is 1. The van der Waals surface area contributed by atoms with Gasteiger partial charge in [0.25, 0.3) is 0 Å². The maximum Gasteiger partial charge on any atom is 0.192 e. The summed E-state index contributed by atoms with van der Waals surface area (Å²) >= 11 is 1.38. The fourth-order valence-corrected chi connectivity index (χ4v) is 3.46. The summed E-state index contributed by atoms with van der Waals surface area (Å²) in [6, 6.07) is 17.0. The molecule has 3 rings (SSSR count). The van der Waals surface area contributed by atoms with Crippen molar-refractivity contribution in [1.82, 2.24) is 14.8 Å². The maximum atomic E-state index is 12.5. The van der Waals surface area contributed by atoms with E-state index in [1.165, 1.54) is 11.8 Å². The van der Waals surface area contributed by atoms with Crippen molar-refractivity contribution in [3.8, 4) is 5.75 Å². The molecule has 1 N–H and O–H groups in total. The van der Waals surface area contributed by atoms with Crippen molar-refractivity contribution < 1.29 is 9.53 Å². The molecular formula is C21H22N4O2S. The molecule has 6 nitrogen and oxygen atoms in total. The Morgan fingerprint density at radius 2 is 1.93 bits per heavy atom. The Bertz CT molecular complexity index is 923. The minimum atomic E-state index is 0.0322. The van der Waals surface area contributed by atoms with E-state index < -0.39 is 0 Å². The third-order valence-electron chi connectivity index (χ3n) is 4.07. The number of nitrogens with zero attached hydrogens (tertiary/aromatic N) is 3. The monoisotopic (exact) mass is 394 g/mol. The fraction of sp³-hybridized carbons (Fsp3) is 0.190. The van der Waals surface area contributed by atoms with Gasteiger partial charge in [-0.25, -0.2) is 0 Å². The summed E-state index contributed by atoms with van der Waals surface area (Å²) in [6.07, 6.45) is 1.80. The van der Waals surface area contributed by atoms with Crippen LogP contribution in [-0.4, -0.2) is 33.4 Å². The van der Waals surface area contributed by atoms with Crippen molar-refractivity contribution in [3.05, 3.63) is 78.6 Å². The van der Waals surface area contributed by atoms with Gasteiger partial charge in [0.05, 0.1) is 19.4 Å². The molecule has 0 amide bonds. The molecule has 144 valence electrons. The lowest BCUT2D eigenvalue weighted by atomic mass is 10.1. The van der Waals surface area contributed by atoms with Crippen LogP contribution in [0.15, 0.2) is 72.4 Å². The van der Waals surface area contributed by atoms with Crippen molar-refractivity contribution >= 4 is 23.2 Å². The zero-order chi connectivity index (χ0) is 19.8. The van der Waals surface area contributed by atoms with E-state index in [-0.39, 0.29) is 11.5 Å². The highest BCUT2D eigenvalue weighted by Crippen LogP contribution is 2.20. The number of aromatic nitrogens is 3. The van der Waals surface area contributed by atoms with Crippen molar-refractivity contribution in [3.63, 3.8) is 0 Å². The van der Waals surface area contributed by atoms with Gasteiger partial charge in [0.1, 0.15) is 5.75 Å². The number of rotatable bonds is 10. The number of nitrogens with one attached hydrogen (secondary N) is 1. The van der Waals surface area contributed by atoms with Gasteiger partial charge in [0, 0.05) is 17.8 Å². The van der Waals surface area contributed by atoms with E-state index in [0.29, 0.717) is 23.8 Å². The van der Waals surface area contributed by atoms with E-state index in [1.807, 2.05) is 34.9 Å². The topological polar surface area (TPSA) is 69.0 Å². The van der Waals surface area contributed by atoms with Crippen LogP contribution >= 0.6 is 11.8 Å². The SMILES string of the molecule is C=CCn1c(CNc2ccccc2)nnc1SCC(=O)c1ccc(OC)cc1. The summed E-state index contributed by atoms with van der Waals surface area (Å²) < 4.78 is 7.09. The molecule has 0 aliphatic heterocycles. The molecule has 1 heterocycles. The van der Waals surface area contributed by atoms with Gasteiger partial charge in [-0.3, -0.25) is 4.79 Å². The molecule has 0 bridgehead atoms. The van der Waals surface area contributed by atoms with Crippen LogP contribution in [-0.2, 0) is 13.1 Å². The first kappa shape index (κ1) is 19.7. The predicted molar refractivity (Wildman–Crippen MR) is 112 cm³/mol. The number of Topliss-reactive ketones (excluding diaryl/α,β-unsaturated/α-hetero) is 1. The molecule has 7 heteroatoms. The Hall–Kier alpha value is -3.06. The van der Waals surface area contributed by atoms with E-state index in [0.717, 1.165) is 17.3 Å². The first-order valence-corrected chi connectivity index (χ1v) is 9.81. The molecule has 0 fully saturated rings. The standard InChI is InChI=1S/C21H22N4O2S/c1-3-13-25-20(14-22-17-7-5-4-6-8-17)23-24-21(25)28-15-19(26)16-9-11-18(27-2)12-10-16/h3-12,22H,1,13-15H2,2H3. The van der Waals surface area contributed by atoms with Gasteiger partial charge >= 0.3 is 0 Å². The van der Waals surface area contributed by atoms with Crippen molar-refractivity contribution in [2.45, 2.75) is 18.2 Å². The maximum absolute atomic E-state index is 12.5. The van der Waals surface area contributed by atoms with E-state index in [2.05, 4.69) is 22.1 Å². The molecule has 2 aromatic carbocycles. The first-order chi connectivity index (χ1) is 13.7. The number of ether oxygens (including phenoxy) is 1. The smallest absolute Gasteiger partial charge is 0.192 e. The normalized spacial score (nSPS) is 10.5. The fourth-order valence-electron chi connectivity index (χ4n) is 2.60. The molecule has 0 saturated carbocycles. The molecule has 0 aliphatic rings. The van der Waals surface area contributed by atoms with E-state index >= 15 is 0 Å². The van der Waals surface area contributed by atoms with Crippen molar-refractivity contribution in [2.24, 2.45) is 0 Å². The van der Waals surface area contributed by atoms with Crippen LogP contribution in [0, 0.1) is 0 Å². The number of para-hydroxylation sites is 1. The summed E-state index contributed by atoms with van der Waals surface area (Å²) in [5.41, 5.74) is 1.66. The van der Waals surface area contributed by atoms with Crippen LogP contribution in [0.3, 0.4) is 0 Å². The van der Waals surface area contributed by atoms with Gasteiger partial charge in [-0.1, -0.05) is 36.0 Å². The van der Waals surface area contributed by atoms with Gasteiger partial charge in [0.15, 0.2) is 16.8 Å². The third kappa shape index (κ3) is 5.01. The van der Waals surface area contributed by atoms with Crippen LogP contribution in [0.4, 0.5) is 5.69 Å². The largest absolute Gasteiger partial charge is 0.497 e. The number of carbonyl (C=O) groups excluding carboxylic acids is 1. The van der Waals surface area contributed by atoms with Crippen molar-refractivity contribution in [1.29, 1.82) is 0 Å². The lowest BCUT2D eigenvalue weighted by Gasteiger charge is -2.09. The molecule has 0 saturated heterocycles. The van der Waals surface area contributed by atoms with Crippen molar-refractivity contribution in [2.75, 3.05) is 18.2 Å². The summed E-state index contributed by atoms with van der Waals surface area (Å²) in [4.78, 5) is 12.5. The van der Waals surface area contributed by atoms with E-state index in [9.17, 15) is 4.79 Å². The van der Waals surface area contributed by atoms with Crippen LogP contribution in [0.5, 0.6) is 5.75 Å². The molecule has 0 radical (unpaired) electrons. The quantitative estimate of drug-likeness (QED) is 0.318. The number of hydrogen-bond donors (Lipinski definition) is 1. The summed E-state index contributed by atoms with van der Waals surface area (Å²) in [5.74, 6) is 1.84. The Morgan fingerprint density at radius 3 is 2.61 bits per heavy atom. The Labute approximate surface area is 168 Å². The third-order valence-corrected chi connectivity index (χ3v) is 5.04. The zero-order valence-corrected chi connectivity index (χ0v) is 16.5. The predicted octanol–water partition coefficient (Wildman–Crippen LogP) is 4.06. The second-order valence-corrected chi connectivity index (χ2v) is 6.90. The molecule has 3 aromatic rings. The molecule has 1 aromatic heterocycles. The van der Waals surface area contributed by atoms with Gasteiger partial charge in [-0.05, 0) is 36.4 Å². The summed E-state index contributed by atoms with van der Waals surface area (Å²) in [7, 11) is 1.60. The Balaban J connectivity index is 1.64. The first-order valence-electron chi connectivity index (χ1n) is 8.83. The second kappa shape index (κ2) is 9.75. The van der Waals surface area contributed by atoms with Crippen LogP contribution in [0.2, 0.25) is 0 Å². The molecule has 28 heavy (non-hydrogen) atoms. The Morgan fingerprint density at radius 1 is 1.18 bits per heavy atom.